The molecule has 0 aliphatic carbocycles. The zero-order valence-electron chi connectivity index (χ0n) is 14.0. The molecule has 1 saturated heterocycles. The second kappa shape index (κ2) is 8.60. The van der Waals surface area contributed by atoms with Gasteiger partial charge in [-0.25, -0.2) is 0 Å². The Hall–Kier alpha value is -2.20. The molecule has 0 saturated carbocycles. The predicted octanol–water partition coefficient (Wildman–Crippen LogP) is 2.97. The van der Waals surface area contributed by atoms with Gasteiger partial charge in [0.1, 0.15) is 0 Å². The van der Waals surface area contributed by atoms with E-state index >= 15 is 0 Å². The van der Waals surface area contributed by atoms with Gasteiger partial charge in [-0.15, -0.1) is 0 Å². The molecule has 1 aromatic heterocycles. The number of nitrogens with one attached hydrogen (secondary N) is 1. The van der Waals surface area contributed by atoms with E-state index in [-0.39, 0.29) is 11.9 Å². The predicted molar refractivity (Wildman–Crippen MR) is 95.6 cm³/mol. The maximum Gasteiger partial charge on any atom is 0.224 e. The van der Waals surface area contributed by atoms with Gasteiger partial charge in [0.25, 0.3) is 0 Å². The molecule has 3 rings (SSSR count). The summed E-state index contributed by atoms with van der Waals surface area (Å²) in [6.07, 6.45) is 7.66. The van der Waals surface area contributed by atoms with Crippen LogP contribution in [0.5, 0.6) is 0 Å². The average Bonchev–Trinajstić information content (AvgIpc) is 2.64. The lowest BCUT2D eigenvalue weighted by atomic mass is 10.0. The highest BCUT2D eigenvalue weighted by atomic mass is 16.1. The Morgan fingerprint density at radius 2 is 1.75 bits per heavy atom. The molecule has 1 aliphatic rings. The molecule has 1 amide bonds. The van der Waals surface area contributed by atoms with Gasteiger partial charge in [0.15, 0.2) is 0 Å². The van der Waals surface area contributed by atoms with Crippen LogP contribution in [0, 0.1) is 0 Å². The van der Waals surface area contributed by atoms with Crippen LogP contribution in [-0.2, 0) is 11.2 Å². The minimum Gasteiger partial charge on any atom is -0.354 e. The van der Waals surface area contributed by atoms with Gasteiger partial charge in [0.2, 0.25) is 5.91 Å². The van der Waals surface area contributed by atoms with E-state index in [9.17, 15) is 4.79 Å². The highest BCUT2D eigenvalue weighted by Gasteiger charge is 2.22. The monoisotopic (exact) mass is 323 g/mol. The summed E-state index contributed by atoms with van der Waals surface area (Å²) in [6, 6.07) is 14.5. The van der Waals surface area contributed by atoms with Gasteiger partial charge in [-0.1, -0.05) is 36.8 Å². The number of aromatic nitrogens is 1. The normalized spacial score (nSPS) is 16.5. The number of rotatable bonds is 6. The lowest BCUT2D eigenvalue weighted by Gasteiger charge is -2.35. The van der Waals surface area contributed by atoms with Crippen LogP contribution in [-0.4, -0.2) is 35.4 Å². The van der Waals surface area contributed by atoms with Gasteiger partial charge in [-0.2, -0.15) is 0 Å². The fraction of sp³-hybridized carbons (Fsp3) is 0.400. The fourth-order valence-electron chi connectivity index (χ4n) is 3.32. The first-order valence-corrected chi connectivity index (χ1v) is 8.77. The first kappa shape index (κ1) is 16.7. The number of hydrogen-bond acceptors (Lipinski definition) is 3. The van der Waals surface area contributed by atoms with Crippen LogP contribution in [0.25, 0.3) is 0 Å². The van der Waals surface area contributed by atoms with Gasteiger partial charge >= 0.3 is 0 Å². The molecule has 4 nitrogen and oxygen atoms in total. The summed E-state index contributed by atoms with van der Waals surface area (Å²) in [5.41, 5.74) is 2.28. The number of carbonyl (C=O) groups is 1. The Morgan fingerprint density at radius 1 is 1.04 bits per heavy atom. The number of likely N-dealkylation sites (tertiary alicyclic amines) is 1. The SMILES string of the molecule is O=C(Cc1ccncc1)NCC(c1ccccc1)N1CCCCC1. The second-order valence-corrected chi connectivity index (χ2v) is 6.36. The molecule has 1 unspecified atom stereocenters. The van der Waals surface area contributed by atoms with Crippen molar-refractivity contribution >= 4 is 5.91 Å². The molecule has 2 aromatic rings. The quantitative estimate of drug-likeness (QED) is 0.889. The van der Waals surface area contributed by atoms with Crippen molar-refractivity contribution in [2.24, 2.45) is 0 Å². The number of benzene rings is 1. The summed E-state index contributed by atoms with van der Waals surface area (Å²) in [6.45, 7) is 2.88. The van der Waals surface area contributed by atoms with E-state index in [1.165, 1.54) is 24.8 Å². The third kappa shape index (κ3) is 4.65. The van der Waals surface area contributed by atoms with E-state index in [4.69, 9.17) is 0 Å². The van der Waals surface area contributed by atoms with Crippen molar-refractivity contribution in [2.75, 3.05) is 19.6 Å². The van der Waals surface area contributed by atoms with Gasteiger partial charge < -0.3 is 5.32 Å². The first-order chi connectivity index (χ1) is 11.8. The molecule has 1 fully saturated rings. The third-order valence-electron chi connectivity index (χ3n) is 4.62. The Balaban J connectivity index is 1.62. The summed E-state index contributed by atoms with van der Waals surface area (Å²) in [4.78, 5) is 18.8. The van der Waals surface area contributed by atoms with Crippen molar-refractivity contribution in [1.82, 2.24) is 15.2 Å². The average molecular weight is 323 g/mol. The molecule has 0 bridgehead atoms. The molecule has 2 heterocycles. The summed E-state index contributed by atoms with van der Waals surface area (Å²) in [5, 5.41) is 3.13. The zero-order chi connectivity index (χ0) is 16.6. The Kier molecular flexibility index (Phi) is 5.96. The number of piperidine rings is 1. The van der Waals surface area contributed by atoms with Gasteiger partial charge in [-0.05, 0) is 49.2 Å². The Morgan fingerprint density at radius 3 is 2.46 bits per heavy atom. The first-order valence-electron chi connectivity index (χ1n) is 8.77. The molecular formula is C20H25N3O. The molecular weight excluding hydrogens is 298 g/mol. The molecule has 1 atom stereocenters. The molecule has 24 heavy (non-hydrogen) atoms. The maximum atomic E-state index is 12.3. The molecule has 0 radical (unpaired) electrons. The van der Waals surface area contributed by atoms with Crippen LogP contribution in [0.2, 0.25) is 0 Å². The van der Waals surface area contributed by atoms with E-state index in [2.05, 4.69) is 39.5 Å². The van der Waals surface area contributed by atoms with Gasteiger partial charge in [0, 0.05) is 18.9 Å². The summed E-state index contributed by atoms with van der Waals surface area (Å²) < 4.78 is 0. The number of pyridine rings is 1. The fourth-order valence-corrected chi connectivity index (χ4v) is 3.32. The largest absolute Gasteiger partial charge is 0.354 e. The van der Waals surface area contributed by atoms with Crippen LogP contribution >= 0.6 is 0 Å². The van der Waals surface area contributed by atoms with Crippen LogP contribution in [0.3, 0.4) is 0 Å². The standard InChI is InChI=1S/C20H25N3O/c24-20(15-17-9-11-21-12-10-17)22-16-19(18-7-3-1-4-8-18)23-13-5-2-6-14-23/h1,3-4,7-12,19H,2,5-6,13-16H2,(H,22,24). The number of nitrogens with zero attached hydrogens (tertiary/aromatic N) is 2. The summed E-state index contributed by atoms with van der Waals surface area (Å²) in [7, 11) is 0. The number of amides is 1. The van der Waals surface area contributed by atoms with Gasteiger partial charge in [-0.3, -0.25) is 14.7 Å². The summed E-state index contributed by atoms with van der Waals surface area (Å²) in [5.74, 6) is 0.0686. The van der Waals surface area contributed by atoms with Crippen molar-refractivity contribution in [3.8, 4) is 0 Å². The highest BCUT2D eigenvalue weighted by Crippen LogP contribution is 2.24. The van der Waals surface area contributed by atoms with Crippen molar-refractivity contribution in [3.05, 3.63) is 66.0 Å². The van der Waals surface area contributed by atoms with Crippen LogP contribution in [0.1, 0.15) is 36.4 Å². The molecule has 126 valence electrons. The lowest BCUT2D eigenvalue weighted by Crippen LogP contribution is -2.41. The van der Waals surface area contributed by atoms with E-state index in [0.29, 0.717) is 13.0 Å². The molecule has 0 spiro atoms. The highest BCUT2D eigenvalue weighted by molar-refractivity contribution is 5.78. The maximum absolute atomic E-state index is 12.3. The molecule has 1 aliphatic heterocycles. The Bertz CT molecular complexity index is 624. The van der Waals surface area contributed by atoms with Crippen molar-refractivity contribution < 1.29 is 4.79 Å². The van der Waals surface area contributed by atoms with Crippen molar-refractivity contribution in [3.63, 3.8) is 0 Å². The van der Waals surface area contributed by atoms with Gasteiger partial charge in [0.05, 0.1) is 12.5 Å². The zero-order valence-corrected chi connectivity index (χ0v) is 14.0. The van der Waals surface area contributed by atoms with Crippen LogP contribution in [0.15, 0.2) is 54.9 Å². The minimum absolute atomic E-state index is 0.0686. The molecule has 1 aromatic carbocycles. The number of hydrogen-bond donors (Lipinski definition) is 1. The molecule has 4 heteroatoms. The van der Waals surface area contributed by atoms with Crippen LogP contribution < -0.4 is 5.32 Å². The molecule has 1 N–H and O–H groups in total. The third-order valence-corrected chi connectivity index (χ3v) is 4.62. The van der Waals surface area contributed by atoms with Crippen molar-refractivity contribution in [1.29, 1.82) is 0 Å². The summed E-state index contributed by atoms with van der Waals surface area (Å²) >= 11 is 0. The second-order valence-electron chi connectivity index (χ2n) is 6.36. The lowest BCUT2D eigenvalue weighted by molar-refractivity contribution is -0.120. The van der Waals surface area contributed by atoms with E-state index < -0.39 is 0 Å². The number of carbonyl (C=O) groups excluding carboxylic acids is 1. The van der Waals surface area contributed by atoms with E-state index in [1.54, 1.807) is 12.4 Å². The smallest absolute Gasteiger partial charge is 0.224 e. The van der Waals surface area contributed by atoms with E-state index in [0.717, 1.165) is 18.7 Å². The van der Waals surface area contributed by atoms with Crippen molar-refractivity contribution in [2.45, 2.75) is 31.7 Å². The topological polar surface area (TPSA) is 45.2 Å². The van der Waals surface area contributed by atoms with Crippen LogP contribution in [0.4, 0.5) is 0 Å². The Labute approximate surface area is 143 Å². The minimum atomic E-state index is 0.0686. The van der Waals surface area contributed by atoms with E-state index in [1.807, 2.05) is 18.2 Å².